The SMILES string of the molecule is O=C(NCC1CCCC(O)C1)C(=O)Nc1ccc(F)cc1. The molecule has 1 aromatic carbocycles. The normalized spacial score (nSPS) is 21.6. The van der Waals surface area contributed by atoms with Crippen molar-refractivity contribution in [2.75, 3.05) is 11.9 Å². The molecule has 1 aliphatic carbocycles. The molecule has 114 valence electrons. The van der Waals surface area contributed by atoms with Crippen molar-refractivity contribution in [2.45, 2.75) is 31.8 Å². The average molecular weight is 294 g/mol. The molecule has 1 fully saturated rings. The highest BCUT2D eigenvalue weighted by Crippen LogP contribution is 2.23. The first-order chi connectivity index (χ1) is 10.0. The van der Waals surface area contributed by atoms with Crippen molar-refractivity contribution in [1.29, 1.82) is 0 Å². The summed E-state index contributed by atoms with van der Waals surface area (Å²) < 4.78 is 12.7. The summed E-state index contributed by atoms with van der Waals surface area (Å²) in [5.41, 5.74) is 0.365. The molecule has 0 saturated heterocycles. The number of nitrogens with one attached hydrogen (secondary N) is 2. The lowest BCUT2D eigenvalue weighted by molar-refractivity contribution is -0.136. The molecule has 6 heteroatoms. The summed E-state index contributed by atoms with van der Waals surface area (Å²) in [7, 11) is 0. The lowest BCUT2D eigenvalue weighted by Gasteiger charge is -2.25. The van der Waals surface area contributed by atoms with Gasteiger partial charge in [0, 0.05) is 12.2 Å². The summed E-state index contributed by atoms with van der Waals surface area (Å²) in [6.45, 7) is 0.382. The monoisotopic (exact) mass is 294 g/mol. The van der Waals surface area contributed by atoms with Gasteiger partial charge in [0.2, 0.25) is 0 Å². The van der Waals surface area contributed by atoms with E-state index in [0.717, 1.165) is 19.3 Å². The minimum Gasteiger partial charge on any atom is -0.393 e. The summed E-state index contributed by atoms with van der Waals surface area (Å²) in [6.07, 6.45) is 3.02. The van der Waals surface area contributed by atoms with E-state index in [0.29, 0.717) is 18.7 Å². The van der Waals surface area contributed by atoms with Crippen molar-refractivity contribution >= 4 is 17.5 Å². The van der Waals surface area contributed by atoms with E-state index in [1.807, 2.05) is 0 Å². The van der Waals surface area contributed by atoms with Crippen LogP contribution in [0.3, 0.4) is 0 Å². The number of rotatable bonds is 3. The second-order valence-corrected chi connectivity index (χ2v) is 5.36. The number of aliphatic hydroxyl groups is 1. The van der Waals surface area contributed by atoms with Crippen molar-refractivity contribution < 1.29 is 19.1 Å². The number of amides is 2. The molecule has 0 radical (unpaired) electrons. The zero-order valence-electron chi connectivity index (χ0n) is 11.6. The Balaban J connectivity index is 1.77. The van der Waals surface area contributed by atoms with Gasteiger partial charge in [0.05, 0.1) is 6.10 Å². The molecule has 0 spiro atoms. The molecule has 1 saturated carbocycles. The molecule has 1 aliphatic rings. The number of benzene rings is 1. The highest BCUT2D eigenvalue weighted by Gasteiger charge is 2.22. The maximum atomic E-state index is 12.7. The maximum Gasteiger partial charge on any atom is 0.313 e. The molecule has 0 heterocycles. The van der Waals surface area contributed by atoms with Crippen LogP contribution in [0.25, 0.3) is 0 Å². The van der Waals surface area contributed by atoms with Gasteiger partial charge in [-0.15, -0.1) is 0 Å². The third kappa shape index (κ3) is 4.82. The van der Waals surface area contributed by atoms with Crippen LogP contribution in [0.4, 0.5) is 10.1 Å². The van der Waals surface area contributed by atoms with E-state index in [1.54, 1.807) is 0 Å². The van der Waals surface area contributed by atoms with Crippen LogP contribution >= 0.6 is 0 Å². The van der Waals surface area contributed by atoms with Crippen molar-refractivity contribution in [1.82, 2.24) is 5.32 Å². The van der Waals surface area contributed by atoms with Gasteiger partial charge in [0.15, 0.2) is 0 Å². The van der Waals surface area contributed by atoms with Gasteiger partial charge in [-0.05, 0) is 49.4 Å². The van der Waals surface area contributed by atoms with E-state index in [4.69, 9.17) is 0 Å². The lowest BCUT2D eigenvalue weighted by atomic mass is 9.87. The largest absolute Gasteiger partial charge is 0.393 e. The van der Waals surface area contributed by atoms with E-state index >= 15 is 0 Å². The van der Waals surface area contributed by atoms with Crippen LogP contribution in [-0.4, -0.2) is 29.6 Å². The van der Waals surface area contributed by atoms with Gasteiger partial charge < -0.3 is 15.7 Å². The van der Waals surface area contributed by atoms with Crippen LogP contribution < -0.4 is 10.6 Å². The first-order valence-corrected chi connectivity index (χ1v) is 7.07. The van der Waals surface area contributed by atoms with Crippen molar-refractivity contribution in [3.63, 3.8) is 0 Å². The lowest BCUT2D eigenvalue weighted by Crippen LogP contribution is -2.39. The van der Waals surface area contributed by atoms with E-state index in [9.17, 15) is 19.1 Å². The molecule has 3 N–H and O–H groups in total. The molecular weight excluding hydrogens is 275 g/mol. The van der Waals surface area contributed by atoms with Crippen molar-refractivity contribution in [3.8, 4) is 0 Å². The summed E-state index contributed by atoms with van der Waals surface area (Å²) in [4.78, 5) is 23.3. The Morgan fingerprint density at radius 3 is 2.57 bits per heavy atom. The second kappa shape index (κ2) is 7.17. The number of anilines is 1. The smallest absolute Gasteiger partial charge is 0.313 e. The summed E-state index contributed by atoms with van der Waals surface area (Å²) in [5.74, 6) is -1.71. The summed E-state index contributed by atoms with van der Waals surface area (Å²) >= 11 is 0. The highest BCUT2D eigenvalue weighted by molar-refractivity contribution is 6.39. The molecule has 0 aliphatic heterocycles. The predicted molar refractivity (Wildman–Crippen MR) is 76.0 cm³/mol. The fourth-order valence-corrected chi connectivity index (χ4v) is 2.49. The molecule has 2 rings (SSSR count). The van der Waals surface area contributed by atoms with E-state index < -0.39 is 17.6 Å². The van der Waals surface area contributed by atoms with Crippen LogP contribution in [0.2, 0.25) is 0 Å². The van der Waals surface area contributed by atoms with Crippen LogP contribution in [0.5, 0.6) is 0 Å². The molecule has 0 aromatic heterocycles. The quantitative estimate of drug-likeness (QED) is 0.738. The summed E-state index contributed by atoms with van der Waals surface area (Å²) in [5, 5.41) is 14.5. The minimum absolute atomic E-state index is 0.205. The Hall–Kier alpha value is -1.95. The number of hydrogen-bond acceptors (Lipinski definition) is 3. The molecule has 2 unspecified atom stereocenters. The Bertz CT molecular complexity index is 504. The topological polar surface area (TPSA) is 78.4 Å². The maximum absolute atomic E-state index is 12.7. The zero-order valence-corrected chi connectivity index (χ0v) is 11.6. The fraction of sp³-hybridized carbons (Fsp3) is 0.467. The molecular formula is C15H19FN2O3. The molecule has 2 amide bonds. The second-order valence-electron chi connectivity index (χ2n) is 5.36. The molecule has 0 bridgehead atoms. The number of carbonyl (C=O) groups excluding carboxylic acids is 2. The van der Waals surface area contributed by atoms with Gasteiger partial charge in [-0.1, -0.05) is 6.42 Å². The van der Waals surface area contributed by atoms with Crippen LogP contribution in [0, 0.1) is 11.7 Å². The molecule has 2 atom stereocenters. The third-order valence-electron chi connectivity index (χ3n) is 3.61. The fourth-order valence-electron chi connectivity index (χ4n) is 2.49. The first-order valence-electron chi connectivity index (χ1n) is 7.07. The van der Waals surface area contributed by atoms with Crippen LogP contribution in [0.15, 0.2) is 24.3 Å². The minimum atomic E-state index is -0.780. The van der Waals surface area contributed by atoms with Crippen LogP contribution in [-0.2, 0) is 9.59 Å². The van der Waals surface area contributed by atoms with E-state index in [2.05, 4.69) is 10.6 Å². The third-order valence-corrected chi connectivity index (χ3v) is 3.61. The van der Waals surface area contributed by atoms with Gasteiger partial charge >= 0.3 is 11.8 Å². The number of halogens is 1. The zero-order chi connectivity index (χ0) is 15.2. The first kappa shape index (κ1) is 15.4. The number of carbonyl (C=O) groups is 2. The molecule has 5 nitrogen and oxygen atoms in total. The Labute approximate surface area is 122 Å². The predicted octanol–water partition coefficient (Wildman–Crippen LogP) is 1.43. The van der Waals surface area contributed by atoms with Gasteiger partial charge in [-0.3, -0.25) is 9.59 Å². The Kier molecular flexibility index (Phi) is 5.27. The molecule has 21 heavy (non-hydrogen) atoms. The van der Waals surface area contributed by atoms with Gasteiger partial charge in [0.1, 0.15) is 5.82 Å². The van der Waals surface area contributed by atoms with Crippen LogP contribution in [0.1, 0.15) is 25.7 Å². The van der Waals surface area contributed by atoms with Gasteiger partial charge in [-0.25, -0.2) is 4.39 Å². The molecule has 1 aromatic rings. The van der Waals surface area contributed by atoms with Crippen molar-refractivity contribution in [3.05, 3.63) is 30.1 Å². The van der Waals surface area contributed by atoms with E-state index in [1.165, 1.54) is 24.3 Å². The Morgan fingerprint density at radius 1 is 1.19 bits per heavy atom. The highest BCUT2D eigenvalue weighted by atomic mass is 19.1. The number of aliphatic hydroxyl groups excluding tert-OH is 1. The van der Waals surface area contributed by atoms with Gasteiger partial charge in [-0.2, -0.15) is 0 Å². The standard InChI is InChI=1S/C15H19FN2O3/c16-11-4-6-12(7-5-11)18-15(21)14(20)17-9-10-2-1-3-13(19)8-10/h4-7,10,13,19H,1-3,8-9H2,(H,17,20)(H,18,21). The summed E-state index contributed by atoms with van der Waals surface area (Å²) in [6, 6.07) is 5.18. The average Bonchev–Trinajstić information content (AvgIpc) is 2.47. The number of hydrogen-bond donors (Lipinski definition) is 3. The van der Waals surface area contributed by atoms with E-state index in [-0.39, 0.29) is 12.0 Å². The Morgan fingerprint density at radius 2 is 1.90 bits per heavy atom. The van der Waals surface area contributed by atoms with Crippen molar-refractivity contribution in [2.24, 2.45) is 5.92 Å². The van der Waals surface area contributed by atoms with Gasteiger partial charge in [0.25, 0.3) is 0 Å².